The number of halogens is 4. The Labute approximate surface area is 125 Å². The summed E-state index contributed by atoms with van der Waals surface area (Å²) in [4.78, 5) is 5.94. The van der Waals surface area contributed by atoms with Crippen LogP contribution in [0.1, 0.15) is 24.8 Å². The zero-order valence-electron chi connectivity index (χ0n) is 11.1. The number of thioether (sulfide) groups is 1. The van der Waals surface area contributed by atoms with Crippen molar-refractivity contribution in [2.24, 2.45) is 0 Å². The van der Waals surface area contributed by atoms with Gasteiger partial charge in [-0.25, -0.2) is 4.98 Å². The van der Waals surface area contributed by atoms with Crippen LogP contribution in [0.15, 0.2) is 12.3 Å². The van der Waals surface area contributed by atoms with E-state index in [0.29, 0.717) is 11.1 Å². The van der Waals surface area contributed by atoms with Gasteiger partial charge in [-0.15, -0.1) is 0 Å². The highest BCUT2D eigenvalue weighted by Crippen LogP contribution is 2.34. The van der Waals surface area contributed by atoms with Gasteiger partial charge in [-0.3, -0.25) is 0 Å². The van der Waals surface area contributed by atoms with E-state index in [9.17, 15) is 13.2 Å². The van der Waals surface area contributed by atoms with Crippen LogP contribution in [0.4, 0.5) is 19.0 Å². The first-order chi connectivity index (χ1) is 9.41. The largest absolute Gasteiger partial charge is 0.417 e. The lowest BCUT2D eigenvalue weighted by Gasteiger charge is -2.25. The van der Waals surface area contributed by atoms with E-state index in [0.717, 1.165) is 44.6 Å². The minimum absolute atomic E-state index is 0.0709. The molecule has 0 bridgehead atoms. The van der Waals surface area contributed by atoms with Crippen molar-refractivity contribution in [2.45, 2.75) is 30.7 Å². The van der Waals surface area contributed by atoms with E-state index in [4.69, 9.17) is 11.6 Å². The molecule has 0 aliphatic carbocycles. The molecular weight excluding hydrogens is 309 g/mol. The fourth-order valence-electron chi connectivity index (χ4n) is 2.31. The van der Waals surface area contributed by atoms with Crippen LogP contribution >= 0.6 is 23.4 Å². The zero-order valence-corrected chi connectivity index (χ0v) is 12.7. The van der Waals surface area contributed by atoms with Crippen molar-refractivity contribution in [3.05, 3.63) is 22.8 Å². The van der Waals surface area contributed by atoms with E-state index in [1.165, 1.54) is 0 Å². The summed E-state index contributed by atoms with van der Waals surface area (Å²) in [6, 6.07) is 0.961. The SMILES string of the molecule is CSC1CCCCN(c2ncc(C(F)(F)F)cc2Cl)C1. The standard InChI is InChI=1S/C13H16ClF3N2S/c1-20-10-4-2-3-5-19(8-10)12-11(14)6-9(7-18-12)13(15,16)17/h6-7,10H,2-5,8H2,1H3. The average molecular weight is 325 g/mol. The number of anilines is 1. The molecule has 2 rings (SSSR count). The molecule has 0 amide bonds. The van der Waals surface area contributed by atoms with Gasteiger partial charge in [0.1, 0.15) is 5.82 Å². The van der Waals surface area contributed by atoms with E-state index >= 15 is 0 Å². The minimum atomic E-state index is -4.41. The molecule has 1 aliphatic heterocycles. The summed E-state index contributed by atoms with van der Waals surface area (Å²) < 4.78 is 37.8. The number of rotatable bonds is 2. The maximum Gasteiger partial charge on any atom is 0.417 e. The molecule has 0 saturated carbocycles. The van der Waals surface area contributed by atoms with Gasteiger partial charge in [0.05, 0.1) is 10.6 Å². The number of pyridine rings is 1. The van der Waals surface area contributed by atoms with Gasteiger partial charge in [0.25, 0.3) is 0 Å². The topological polar surface area (TPSA) is 16.1 Å². The second-order valence-electron chi connectivity index (χ2n) is 4.83. The first kappa shape index (κ1) is 15.8. The third-order valence-corrected chi connectivity index (χ3v) is 4.74. The number of hydrogen-bond acceptors (Lipinski definition) is 3. The summed E-state index contributed by atoms with van der Waals surface area (Å²) in [7, 11) is 0. The Morgan fingerprint density at radius 2 is 2.15 bits per heavy atom. The lowest BCUT2D eigenvalue weighted by Crippen LogP contribution is -2.30. The molecule has 1 aromatic rings. The Balaban J connectivity index is 2.23. The third-order valence-electron chi connectivity index (χ3n) is 3.41. The summed E-state index contributed by atoms with van der Waals surface area (Å²) in [6.45, 7) is 1.56. The predicted octanol–water partition coefficient (Wildman–Crippen LogP) is 4.48. The molecule has 0 aromatic carbocycles. The van der Waals surface area contributed by atoms with Crippen LogP contribution in [-0.4, -0.2) is 29.6 Å². The van der Waals surface area contributed by atoms with Crippen molar-refractivity contribution in [2.75, 3.05) is 24.2 Å². The lowest BCUT2D eigenvalue weighted by molar-refractivity contribution is -0.137. The fraction of sp³-hybridized carbons (Fsp3) is 0.615. The summed E-state index contributed by atoms with van der Waals surface area (Å²) in [5.41, 5.74) is -0.803. The van der Waals surface area contributed by atoms with Gasteiger partial charge in [-0.2, -0.15) is 24.9 Å². The zero-order chi connectivity index (χ0) is 14.8. The van der Waals surface area contributed by atoms with Crippen molar-refractivity contribution in [3.8, 4) is 0 Å². The molecule has 7 heteroatoms. The number of aromatic nitrogens is 1. The second-order valence-corrected chi connectivity index (χ2v) is 6.37. The third kappa shape index (κ3) is 3.73. The van der Waals surface area contributed by atoms with Crippen LogP contribution in [0.2, 0.25) is 5.02 Å². The average Bonchev–Trinajstić information content (AvgIpc) is 2.62. The van der Waals surface area contributed by atoms with Crippen LogP contribution in [-0.2, 0) is 6.18 Å². The molecule has 0 N–H and O–H groups in total. The summed E-state index contributed by atoms with van der Waals surface area (Å²) in [5.74, 6) is 0.459. The summed E-state index contributed by atoms with van der Waals surface area (Å²) in [6.07, 6.45) is 1.76. The molecule has 0 radical (unpaired) electrons. The quantitative estimate of drug-likeness (QED) is 0.798. The second kappa shape index (κ2) is 6.43. The molecule has 20 heavy (non-hydrogen) atoms. The Morgan fingerprint density at radius 1 is 1.40 bits per heavy atom. The Bertz CT molecular complexity index is 467. The van der Waals surface area contributed by atoms with E-state index in [1.807, 2.05) is 4.90 Å². The predicted molar refractivity (Wildman–Crippen MR) is 77.6 cm³/mol. The van der Waals surface area contributed by atoms with Gasteiger partial charge in [0, 0.05) is 24.5 Å². The molecule has 1 fully saturated rings. The van der Waals surface area contributed by atoms with E-state index < -0.39 is 11.7 Å². The van der Waals surface area contributed by atoms with Gasteiger partial charge in [-0.1, -0.05) is 18.0 Å². The van der Waals surface area contributed by atoms with Crippen LogP contribution < -0.4 is 4.90 Å². The summed E-state index contributed by atoms with van der Waals surface area (Å²) >= 11 is 7.78. The lowest BCUT2D eigenvalue weighted by atomic mass is 10.2. The van der Waals surface area contributed by atoms with Crippen LogP contribution in [0.5, 0.6) is 0 Å². The maximum absolute atomic E-state index is 12.6. The molecule has 1 aromatic heterocycles. The molecule has 112 valence electrons. The van der Waals surface area contributed by atoms with Gasteiger partial charge >= 0.3 is 6.18 Å². The number of alkyl halides is 3. The molecule has 2 nitrogen and oxygen atoms in total. The molecule has 1 unspecified atom stereocenters. The molecule has 1 saturated heterocycles. The Hall–Kier alpha value is -0.620. The normalized spacial score (nSPS) is 20.9. The van der Waals surface area contributed by atoms with Gasteiger partial charge in [0.2, 0.25) is 0 Å². The van der Waals surface area contributed by atoms with Crippen molar-refractivity contribution in [1.29, 1.82) is 0 Å². The highest BCUT2D eigenvalue weighted by atomic mass is 35.5. The monoisotopic (exact) mass is 324 g/mol. The van der Waals surface area contributed by atoms with Crippen molar-refractivity contribution < 1.29 is 13.2 Å². The van der Waals surface area contributed by atoms with Crippen LogP contribution in [0, 0.1) is 0 Å². The van der Waals surface area contributed by atoms with Gasteiger partial charge < -0.3 is 4.90 Å². The summed E-state index contributed by atoms with van der Waals surface area (Å²) in [5, 5.41) is 0.541. The molecule has 1 aliphatic rings. The highest BCUT2D eigenvalue weighted by molar-refractivity contribution is 7.99. The molecular formula is C13H16ClF3N2S. The first-order valence-electron chi connectivity index (χ1n) is 6.42. The van der Waals surface area contributed by atoms with Crippen molar-refractivity contribution in [3.63, 3.8) is 0 Å². The number of hydrogen-bond donors (Lipinski definition) is 0. The van der Waals surface area contributed by atoms with Gasteiger partial charge in [0.15, 0.2) is 0 Å². The highest BCUT2D eigenvalue weighted by Gasteiger charge is 2.32. The van der Waals surface area contributed by atoms with E-state index in [1.54, 1.807) is 11.8 Å². The first-order valence-corrected chi connectivity index (χ1v) is 8.09. The minimum Gasteiger partial charge on any atom is -0.354 e. The molecule has 2 heterocycles. The van der Waals surface area contributed by atoms with E-state index in [-0.39, 0.29) is 5.02 Å². The Morgan fingerprint density at radius 3 is 2.75 bits per heavy atom. The fourth-order valence-corrected chi connectivity index (χ4v) is 3.32. The Kier molecular flexibility index (Phi) is 5.07. The van der Waals surface area contributed by atoms with Crippen LogP contribution in [0.25, 0.3) is 0 Å². The maximum atomic E-state index is 12.6. The van der Waals surface area contributed by atoms with Gasteiger partial charge in [-0.05, 0) is 25.2 Å². The van der Waals surface area contributed by atoms with Crippen molar-refractivity contribution in [1.82, 2.24) is 4.98 Å². The van der Waals surface area contributed by atoms with Crippen molar-refractivity contribution >= 4 is 29.2 Å². The molecule has 0 spiro atoms. The smallest absolute Gasteiger partial charge is 0.354 e. The van der Waals surface area contributed by atoms with E-state index in [2.05, 4.69) is 11.2 Å². The molecule has 1 atom stereocenters. The van der Waals surface area contributed by atoms with Crippen LogP contribution in [0.3, 0.4) is 0 Å². The number of nitrogens with zero attached hydrogens (tertiary/aromatic N) is 2.